The topological polar surface area (TPSA) is 47.8 Å². The summed E-state index contributed by atoms with van der Waals surface area (Å²) >= 11 is 12.0. The minimum Gasteiger partial charge on any atom is -0.296 e. The lowest BCUT2D eigenvalue weighted by molar-refractivity contribution is 0.111. The predicted octanol–water partition coefficient (Wildman–Crippen LogP) is 3.68. The van der Waals surface area contributed by atoms with Crippen molar-refractivity contribution in [3.63, 3.8) is 0 Å². The summed E-state index contributed by atoms with van der Waals surface area (Å²) in [4.78, 5) is 11.1. The number of carbonyl (C=O) groups is 1. The molecule has 0 bridgehead atoms. The molecule has 0 fully saturated rings. The standard InChI is InChI=1S/C13H13Cl2N3O/c1-13(2,3)12-11(7-19)16-17-18(12)10-5-8(14)4-9(15)6-10/h4-7H,1-3H3. The van der Waals surface area contributed by atoms with E-state index in [2.05, 4.69) is 10.3 Å². The normalized spacial score (nSPS) is 11.6. The van der Waals surface area contributed by atoms with E-state index >= 15 is 0 Å². The molecule has 0 N–H and O–H groups in total. The largest absolute Gasteiger partial charge is 0.296 e. The number of aromatic nitrogens is 3. The first kappa shape index (κ1) is 14.0. The highest BCUT2D eigenvalue weighted by molar-refractivity contribution is 6.34. The van der Waals surface area contributed by atoms with Crippen LogP contribution in [0, 0.1) is 0 Å². The Balaban J connectivity index is 2.69. The lowest BCUT2D eigenvalue weighted by atomic mass is 9.90. The number of rotatable bonds is 2. The van der Waals surface area contributed by atoms with Crippen LogP contribution >= 0.6 is 23.2 Å². The molecule has 0 saturated carbocycles. The molecule has 0 atom stereocenters. The molecule has 1 aromatic carbocycles. The lowest BCUT2D eigenvalue weighted by Gasteiger charge is -2.20. The zero-order chi connectivity index (χ0) is 14.2. The fraction of sp³-hybridized carbons (Fsp3) is 0.308. The molecule has 2 aromatic rings. The maximum absolute atomic E-state index is 11.1. The monoisotopic (exact) mass is 297 g/mol. The zero-order valence-electron chi connectivity index (χ0n) is 10.8. The van der Waals surface area contributed by atoms with Gasteiger partial charge in [-0.1, -0.05) is 49.2 Å². The van der Waals surface area contributed by atoms with E-state index in [1.807, 2.05) is 20.8 Å². The minimum absolute atomic E-state index is 0.283. The van der Waals surface area contributed by atoms with E-state index in [-0.39, 0.29) is 5.41 Å². The third-order valence-corrected chi connectivity index (χ3v) is 3.05. The average molecular weight is 298 g/mol. The van der Waals surface area contributed by atoms with Gasteiger partial charge in [0.05, 0.1) is 11.4 Å². The second kappa shape index (κ2) is 4.94. The van der Waals surface area contributed by atoms with Gasteiger partial charge in [0, 0.05) is 15.5 Å². The molecular formula is C13H13Cl2N3O. The predicted molar refractivity (Wildman–Crippen MR) is 75.5 cm³/mol. The molecule has 1 heterocycles. The van der Waals surface area contributed by atoms with Crippen molar-refractivity contribution in [2.24, 2.45) is 0 Å². The van der Waals surface area contributed by atoms with E-state index < -0.39 is 0 Å². The molecule has 6 heteroatoms. The number of halogens is 2. The van der Waals surface area contributed by atoms with Crippen LogP contribution < -0.4 is 0 Å². The molecule has 0 aliphatic rings. The van der Waals surface area contributed by atoms with E-state index in [0.717, 1.165) is 5.69 Å². The van der Waals surface area contributed by atoms with Crippen LogP contribution in [-0.4, -0.2) is 21.3 Å². The van der Waals surface area contributed by atoms with Crippen LogP contribution in [0.25, 0.3) is 5.69 Å². The van der Waals surface area contributed by atoms with Crippen LogP contribution in [-0.2, 0) is 5.41 Å². The Morgan fingerprint density at radius 2 is 1.74 bits per heavy atom. The lowest BCUT2D eigenvalue weighted by Crippen LogP contribution is -2.19. The van der Waals surface area contributed by atoms with E-state index in [0.29, 0.717) is 27.7 Å². The van der Waals surface area contributed by atoms with Gasteiger partial charge in [-0.2, -0.15) is 0 Å². The fourth-order valence-corrected chi connectivity index (χ4v) is 2.43. The van der Waals surface area contributed by atoms with Crippen LogP contribution in [0.1, 0.15) is 37.0 Å². The summed E-state index contributed by atoms with van der Waals surface area (Å²) in [5.74, 6) is 0. The second-order valence-electron chi connectivity index (χ2n) is 5.23. The minimum atomic E-state index is -0.283. The number of aldehydes is 1. The van der Waals surface area contributed by atoms with Gasteiger partial charge in [-0.3, -0.25) is 4.79 Å². The van der Waals surface area contributed by atoms with Crippen LogP contribution in [0.15, 0.2) is 18.2 Å². The summed E-state index contributed by atoms with van der Waals surface area (Å²) in [5.41, 5.74) is 1.45. The second-order valence-corrected chi connectivity index (χ2v) is 6.10. The van der Waals surface area contributed by atoms with Gasteiger partial charge in [-0.05, 0) is 18.2 Å². The van der Waals surface area contributed by atoms with Crippen molar-refractivity contribution in [2.45, 2.75) is 26.2 Å². The Hall–Kier alpha value is -1.39. The molecule has 0 spiro atoms. The summed E-state index contributed by atoms with van der Waals surface area (Å²) in [6.45, 7) is 5.96. The first-order chi connectivity index (χ1) is 8.82. The van der Waals surface area contributed by atoms with E-state index in [1.54, 1.807) is 22.9 Å². The summed E-state index contributed by atoms with van der Waals surface area (Å²) in [5, 5.41) is 8.93. The molecule has 19 heavy (non-hydrogen) atoms. The van der Waals surface area contributed by atoms with Gasteiger partial charge in [0.15, 0.2) is 6.29 Å². The highest BCUT2D eigenvalue weighted by Crippen LogP contribution is 2.28. The van der Waals surface area contributed by atoms with Gasteiger partial charge in [0.1, 0.15) is 5.69 Å². The Bertz CT molecular complexity index is 609. The number of hydrogen-bond donors (Lipinski definition) is 0. The number of nitrogens with zero attached hydrogens (tertiary/aromatic N) is 3. The molecule has 2 rings (SSSR count). The maximum atomic E-state index is 11.1. The van der Waals surface area contributed by atoms with Crippen molar-refractivity contribution in [3.8, 4) is 5.69 Å². The van der Waals surface area contributed by atoms with Crippen LogP contribution in [0.2, 0.25) is 10.0 Å². The van der Waals surface area contributed by atoms with Gasteiger partial charge in [0.2, 0.25) is 0 Å². The third kappa shape index (κ3) is 2.80. The molecule has 0 unspecified atom stereocenters. The number of benzene rings is 1. The van der Waals surface area contributed by atoms with Crippen LogP contribution in [0.4, 0.5) is 0 Å². The Labute approximate surface area is 121 Å². The average Bonchev–Trinajstić information content (AvgIpc) is 2.70. The molecule has 0 saturated heterocycles. The maximum Gasteiger partial charge on any atom is 0.172 e. The van der Waals surface area contributed by atoms with Gasteiger partial charge >= 0.3 is 0 Å². The van der Waals surface area contributed by atoms with Crippen molar-refractivity contribution < 1.29 is 4.79 Å². The smallest absolute Gasteiger partial charge is 0.172 e. The molecule has 4 nitrogen and oxygen atoms in total. The fourth-order valence-electron chi connectivity index (χ4n) is 1.92. The summed E-state index contributed by atoms with van der Waals surface area (Å²) in [6, 6.07) is 5.10. The quantitative estimate of drug-likeness (QED) is 0.794. The summed E-state index contributed by atoms with van der Waals surface area (Å²) in [7, 11) is 0. The molecule has 0 aliphatic heterocycles. The Morgan fingerprint density at radius 3 is 2.21 bits per heavy atom. The van der Waals surface area contributed by atoms with Gasteiger partial charge in [-0.25, -0.2) is 4.68 Å². The summed E-state index contributed by atoms with van der Waals surface area (Å²) in [6.07, 6.45) is 0.705. The molecule has 100 valence electrons. The van der Waals surface area contributed by atoms with Crippen molar-refractivity contribution in [3.05, 3.63) is 39.6 Å². The van der Waals surface area contributed by atoms with Gasteiger partial charge < -0.3 is 0 Å². The van der Waals surface area contributed by atoms with Gasteiger partial charge in [-0.15, -0.1) is 5.10 Å². The van der Waals surface area contributed by atoms with Crippen molar-refractivity contribution in [1.82, 2.24) is 15.0 Å². The van der Waals surface area contributed by atoms with Crippen LogP contribution in [0.3, 0.4) is 0 Å². The number of hydrogen-bond acceptors (Lipinski definition) is 3. The third-order valence-electron chi connectivity index (χ3n) is 2.61. The Kier molecular flexibility index (Phi) is 3.65. The molecule has 0 aliphatic carbocycles. The van der Waals surface area contributed by atoms with Crippen molar-refractivity contribution >= 4 is 29.5 Å². The van der Waals surface area contributed by atoms with Crippen molar-refractivity contribution in [2.75, 3.05) is 0 Å². The van der Waals surface area contributed by atoms with E-state index in [1.165, 1.54) is 0 Å². The first-order valence-corrected chi connectivity index (χ1v) is 6.46. The highest BCUT2D eigenvalue weighted by atomic mass is 35.5. The summed E-state index contributed by atoms with van der Waals surface area (Å²) < 4.78 is 1.60. The number of carbonyl (C=O) groups excluding carboxylic acids is 1. The van der Waals surface area contributed by atoms with Crippen molar-refractivity contribution in [1.29, 1.82) is 0 Å². The molecule has 0 radical (unpaired) electrons. The highest BCUT2D eigenvalue weighted by Gasteiger charge is 2.26. The van der Waals surface area contributed by atoms with Crippen LogP contribution in [0.5, 0.6) is 0 Å². The van der Waals surface area contributed by atoms with Gasteiger partial charge in [0.25, 0.3) is 0 Å². The van der Waals surface area contributed by atoms with E-state index in [4.69, 9.17) is 23.2 Å². The SMILES string of the molecule is CC(C)(C)c1c(C=O)nnn1-c1cc(Cl)cc(Cl)c1. The first-order valence-electron chi connectivity index (χ1n) is 5.71. The van der Waals surface area contributed by atoms with E-state index in [9.17, 15) is 4.79 Å². The zero-order valence-corrected chi connectivity index (χ0v) is 12.3. The molecule has 0 amide bonds. The molecular weight excluding hydrogens is 285 g/mol. The molecule has 1 aromatic heterocycles. The Morgan fingerprint density at radius 1 is 1.16 bits per heavy atom.